The molecule has 0 aliphatic heterocycles. The van der Waals surface area contributed by atoms with Gasteiger partial charge in [-0.3, -0.25) is 14.2 Å². The maximum atomic E-state index is 12.9. The second kappa shape index (κ2) is 7.75. The van der Waals surface area contributed by atoms with E-state index in [0.717, 1.165) is 12.8 Å². The summed E-state index contributed by atoms with van der Waals surface area (Å²) in [6, 6.07) is 13.5. The van der Waals surface area contributed by atoms with Crippen LogP contribution in [0.25, 0.3) is 10.9 Å². The van der Waals surface area contributed by atoms with Gasteiger partial charge < -0.3 is 16.4 Å². The van der Waals surface area contributed by atoms with Gasteiger partial charge in [0.25, 0.3) is 5.56 Å². The van der Waals surface area contributed by atoms with Crippen LogP contribution in [-0.4, -0.2) is 21.5 Å². The molecule has 1 heterocycles. The van der Waals surface area contributed by atoms with Gasteiger partial charge in [-0.15, -0.1) is 0 Å². The van der Waals surface area contributed by atoms with Crippen LogP contribution in [0.15, 0.2) is 53.3 Å². The monoisotopic (exact) mass is 391 g/mol. The van der Waals surface area contributed by atoms with E-state index < -0.39 is 6.03 Å². The highest BCUT2D eigenvalue weighted by molar-refractivity contribution is 5.92. The number of carbonyl (C=O) groups is 2. The molecule has 3 amide bonds. The van der Waals surface area contributed by atoms with Gasteiger partial charge in [-0.1, -0.05) is 12.1 Å². The van der Waals surface area contributed by atoms with Gasteiger partial charge in [0.2, 0.25) is 5.91 Å². The smallest absolute Gasteiger partial charge is 0.316 e. The Kier molecular flexibility index (Phi) is 4.99. The second-order valence-electron chi connectivity index (χ2n) is 7.07. The van der Waals surface area contributed by atoms with Gasteiger partial charge in [0.15, 0.2) is 0 Å². The van der Waals surface area contributed by atoms with Gasteiger partial charge >= 0.3 is 6.03 Å². The van der Waals surface area contributed by atoms with E-state index in [1.165, 1.54) is 0 Å². The highest BCUT2D eigenvalue weighted by atomic mass is 16.2. The molecule has 1 aromatic heterocycles. The van der Waals surface area contributed by atoms with Gasteiger partial charge in [-0.2, -0.15) is 0 Å². The van der Waals surface area contributed by atoms with Crippen molar-refractivity contribution < 1.29 is 9.59 Å². The second-order valence-corrected chi connectivity index (χ2v) is 7.07. The van der Waals surface area contributed by atoms with E-state index in [-0.39, 0.29) is 23.9 Å². The quantitative estimate of drug-likeness (QED) is 0.598. The summed E-state index contributed by atoms with van der Waals surface area (Å²) in [5.74, 6) is 0.470. The van der Waals surface area contributed by atoms with E-state index in [4.69, 9.17) is 5.73 Å². The van der Waals surface area contributed by atoms with Crippen LogP contribution in [0.3, 0.4) is 0 Å². The Morgan fingerprint density at radius 2 is 1.69 bits per heavy atom. The fourth-order valence-corrected chi connectivity index (χ4v) is 3.31. The Labute approximate surface area is 166 Å². The van der Waals surface area contributed by atoms with Crippen molar-refractivity contribution in [2.75, 3.05) is 10.6 Å². The lowest BCUT2D eigenvalue weighted by molar-refractivity contribution is -0.116. The number of amides is 3. The Balaban J connectivity index is 1.46. The minimum atomic E-state index is -0.647. The van der Waals surface area contributed by atoms with Crippen molar-refractivity contribution in [2.45, 2.75) is 31.7 Å². The van der Waals surface area contributed by atoms with E-state index in [1.807, 2.05) is 18.2 Å². The zero-order chi connectivity index (χ0) is 20.4. The molecule has 1 fully saturated rings. The van der Waals surface area contributed by atoms with Gasteiger partial charge in [0, 0.05) is 30.3 Å². The summed E-state index contributed by atoms with van der Waals surface area (Å²) in [7, 11) is 0. The van der Waals surface area contributed by atoms with E-state index in [0.29, 0.717) is 34.5 Å². The zero-order valence-corrected chi connectivity index (χ0v) is 15.7. The van der Waals surface area contributed by atoms with Crippen LogP contribution in [0, 0.1) is 0 Å². The number of primary amides is 1. The summed E-state index contributed by atoms with van der Waals surface area (Å²) in [6.07, 6.45) is 2.51. The summed E-state index contributed by atoms with van der Waals surface area (Å²) in [5, 5.41) is 5.88. The summed E-state index contributed by atoms with van der Waals surface area (Å²) in [5.41, 5.74) is 6.84. The highest BCUT2D eigenvalue weighted by Gasteiger charge is 2.28. The van der Waals surface area contributed by atoms with E-state index in [2.05, 4.69) is 15.6 Å². The van der Waals surface area contributed by atoms with Crippen LogP contribution in [-0.2, 0) is 11.2 Å². The number of aromatic nitrogens is 2. The van der Waals surface area contributed by atoms with Crippen LogP contribution >= 0.6 is 0 Å². The standard InChI is InChI=1S/C21H21N5O3/c22-21(29)24-14-7-5-13(6-8-14)23-19(27)12-11-18-25-17-4-2-1-3-16(17)20(28)26(18)15-9-10-15/h1-8,15H,9-12H2,(H,23,27)(H3,22,24,29). The fourth-order valence-electron chi connectivity index (χ4n) is 3.31. The summed E-state index contributed by atoms with van der Waals surface area (Å²) in [6.45, 7) is 0. The minimum absolute atomic E-state index is 0.0361. The lowest BCUT2D eigenvalue weighted by Crippen LogP contribution is -2.25. The molecule has 8 heteroatoms. The maximum Gasteiger partial charge on any atom is 0.316 e. The third-order valence-electron chi connectivity index (χ3n) is 4.80. The van der Waals surface area contributed by atoms with E-state index >= 15 is 0 Å². The molecule has 0 spiro atoms. The molecule has 1 aliphatic carbocycles. The SMILES string of the molecule is NC(=O)Nc1ccc(NC(=O)CCc2nc3ccccc3c(=O)n2C2CC2)cc1. The van der Waals surface area contributed by atoms with Crippen molar-refractivity contribution in [3.05, 3.63) is 64.7 Å². The molecule has 1 aliphatic rings. The van der Waals surface area contributed by atoms with Crippen molar-refractivity contribution in [3.63, 3.8) is 0 Å². The number of para-hydroxylation sites is 1. The summed E-state index contributed by atoms with van der Waals surface area (Å²) < 4.78 is 1.75. The average Bonchev–Trinajstić information content (AvgIpc) is 3.52. The first kappa shape index (κ1) is 18.7. The number of aryl methyl sites for hydroxylation is 1. The van der Waals surface area contributed by atoms with Crippen molar-refractivity contribution in [1.82, 2.24) is 9.55 Å². The number of benzene rings is 2. The highest BCUT2D eigenvalue weighted by Crippen LogP contribution is 2.34. The molecule has 4 rings (SSSR count). The number of hydrogen-bond donors (Lipinski definition) is 3. The largest absolute Gasteiger partial charge is 0.351 e. The molecule has 148 valence electrons. The lowest BCUT2D eigenvalue weighted by Gasteiger charge is -2.13. The number of fused-ring (bicyclic) bond motifs is 1. The number of nitrogens with one attached hydrogen (secondary N) is 2. The first-order chi connectivity index (χ1) is 14.0. The Morgan fingerprint density at radius 3 is 2.34 bits per heavy atom. The Morgan fingerprint density at radius 1 is 1.03 bits per heavy atom. The van der Waals surface area contributed by atoms with Gasteiger partial charge in [0.05, 0.1) is 10.9 Å². The molecule has 2 aromatic carbocycles. The van der Waals surface area contributed by atoms with Crippen molar-refractivity contribution in [2.24, 2.45) is 5.73 Å². The number of carbonyl (C=O) groups excluding carboxylic acids is 2. The predicted octanol–water partition coefficient (Wildman–Crippen LogP) is 2.79. The van der Waals surface area contributed by atoms with Crippen LogP contribution in [0.4, 0.5) is 16.2 Å². The lowest BCUT2D eigenvalue weighted by atomic mass is 10.2. The minimum Gasteiger partial charge on any atom is -0.351 e. The molecule has 8 nitrogen and oxygen atoms in total. The number of urea groups is 1. The normalized spacial score (nSPS) is 13.2. The fraction of sp³-hybridized carbons (Fsp3) is 0.238. The maximum absolute atomic E-state index is 12.9. The van der Waals surface area contributed by atoms with Crippen LogP contribution < -0.4 is 21.9 Å². The van der Waals surface area contributed by atoms with E-state index in [9.17, 15) is 14.4 Å². The Bertz CT molecular complexity index is 1130. The van der Waals surface area contributed by atoms with Crippen molar-refractivity contribution in [1.29, 1.82) is 0 Å². The third kappa shape index (κ3) is 4.26. The number of hydrogen-bond acceptors (Lipinski definition) is 4. The molecular weight excluding hydrogens is 370 g/mol. The number of nitrogens with two attached hydrogens (primary N) is 1. The molecule has 4 N–H and O–H groups in total. The molecule has 0 bridgehead atoms. The van der Waals surface area contributed by atoms with Gasteiger partial charge in [0.1, 0.15) is 5.82 Å². The van der Waals surface area contributed by atoms with Gasteiger partial charge in [-0.05, 0) is 49.2 Å². The molecule has 0 saturated heterocycles. The van der Waals surface area contributed by atoms with Crippen LogP contribution in [0.1, 0.15) is 31.1 Å². The Hall–Kier alpha value is -3.68. The molecule has 29 heavy (non-hydrogen) atoms. The number of nitrogens with zero attached hydrogens (tertiary/aromatic N) is 2. The number of anilines is 2. The summed E-state index contributed by atoms with van der Waals surface area (Å²) in [4.78, 5) is 40.7. The molecular formula is C21H21N5O3. The average molecular weight is 391 g/mol. The van der Waals surface area contributed by atoms with Gasteiger partial charge in [-0.25, -0.2) is 9.78 Å². The topological polar surface area (TPSA) is 119 Å². The van der Waals surface area contributed by atoms with Crippen molar-refractivity contribution >= 4 is 34.2 Å². The zero-order valence-electron chi connectivity index (χ0n) is 15.7. The first-order valence-electron chi connectivity index (χ1n) is 9.48. The van der Waals surface area contributed by atoms with Crippen LogP contribution in [0.2, 0.25) is 0 Å². The van der Waals surface area contributed by atoms with E-state index in [1.54, 1.807) is 34.9 Å². The first-order valence-corrected chi connectivity index (χ1v) is 9.48. The van der Waals surface area contributed by atoms with Crippen molar-refractivity contribution in [3.8, 4) is 0 Å². The predicted molar refractivity (Wildman–Crippen MR) is 111 cm³/mol. The number of rotatable bonds is 6. The molecule has 0 unspecified atom stereocenters. The molecule has 0 radical (unpaired) electrons. The molecule has 1 saturated carbocycles. The molecule has 0 atom stereocenters. The summed E-state index contributed by atoms with van der Waals surface area (Å²) >= 11 is 0. The van der Waals surface area contributed by atoms with Crippen LogP contribution in [0.5, 0.6) is 0 Å². The molecule has 3 aromatic rings. The third-order valence-corrected chi connectivity index (χ3v) is 4.80.